The molecule has 0 radical (unpaired) electrons. The van der Waals surface area contributed by atoms with E-state index in [0.29, 0.717) is 16.6 Å². The van der Waals surface area contributed by atoms with E-state index >= 15 is 0 Å². The molecular weight excluding hydrogens is 301 g/mol. The Morgan fingerprint density at radius 3 is 3.00 bits per heavy atom. The van der Waals surface area contributed by atoms with Crippen molar-refractivity contribution >= 4 is 21.8 Å². The van der Waals surface area contributed by atoms with Gasteiger partial charge in [0.05, 0.1) is 10.6 Å². The zero-order valence-electron chi connectivity index (χ0n) is 9.92. The van der Waals surface area contributed by atoms with Gasteiger partial charge in [0.2, 0.25) is 0 Å². The van der Waals surface area contributed by atoms with Crippen molar-refractivity contribution in [3.05, 3.63) is 34.1 Å². The number of nitrogens with one attached hydrogen (secondary N) is 1. The number of hydrogen-bond donors (Lipinski definition) is 1. The highest BCUT2D eigenvalue weighted by Crippen LogP contribution is 2.17. The minimum atomic E-state index is -0.373. The third kappa shape index (κ3) is 3.53. The lowest BCUT2D eigenvalue weighted by molar-refractivity contribution is 0.0169. The van der Waals surface area contributed by atoms with Crippen molar-refractivity contribution in [1.82, 2.24) is 5.32 Å². The molecule has 1 amide bonds. The number of carbonyl (C=O) groups excluding carboxylic acids is 1. The summed E-state index contributed by atoms with van der Waals surface area (Å²) in [6.07, 6.45) is 3.32. The number of amides is 1. The molecule has 98 valence electrons. The summed E-state index contributed by atoms with van der Waals surface area (Å²) in [6, 6.07) is 4.22. The maximum absolute atomic E-state index is 13.0. The molecular formula is C13H15BrFNO2. The van der Waals surface area contributed by atoms with E-state index in [-0.39, 0.29) is 17.8 Å². The van der Waals surface area contributed by atoms with E-state index in [9.17, 15) is 9.18 Å². The average Bonchev–Trinajstić information content (AvgIpc) is 2.40. The van der Waals surface area contributed by atoms with Crippen molar-refractivity contribution in [1.29, 1.82) is 0 Å². The van der Waals surface area contributed by atoms with Crippen molar-refractivity contribution in [2.24, 2.45) is 0 Å². The van der Waals surface area contributed by atoms with Gasteiger partial charge in [-0.1, -0.05) is 0 Å². The van der Waals surface area contributed by atoms with E-state index < -0.39 is 0 Å². The highest BCUT2D eigenvalue weighted by Gasteiger charge is 2.15. The first-order valence-corrected chi connectivity index (χ1v) is 6.81. The van der Waals surface area contributed by atoms with Crippen LogP contribution in [0, 0.1) is 5.82 Å². The maximum atomic E-state index is 13.0. The molecule has 3 nitrogen and oxygen atoms in total. The smallest absolute Gasteiger partial charge is 0.251 e. The predicted molar refractivity (Wildman–Crippen MR) is 70.0 cm³/mol. The lowest BCUT2D eigenvalue weighted by Gasteiger charge is -2.22. The van der Waals surface area contributed by atoms with Gasteiger partial charge in [-0.25, -0.2) is 4.39 Å². The van der Waals surface area contributed by atoms with Crippen molar-refractivity contribution in [2.45, 2.75) is 25.4 Å². The molecule has 1 fully saturated rings. The van der Waals surface area contributed by atoms with Gasteiger partial charge >= 0.3 is 0 Å². The Morgan fingerprint density at radius 2 is 2.33 bits per heavy atom. The molecule has 1 saturated heterocycles. The molecule has 1 aromatic rings. The minimum absolute atomic E-state index is 0.103. The summed E-state index contributed by atoms with van der Waals surface area (Å²) in [7, 11) is 0. The van der Waals surface area contributed by atoms with E-state index in [1.807, 2.05) is 0 Å². The Labute approximate surface area is 114 Å². The maximum Gasteiger partial charge on any atom is 0.251 e. The number of rotatable bonds is 3. The summed E-state index contributed by atoms with van der Waals surface area (Å²) in [4.78, 5) is 11.8. The molecule has 1 heterocycles. The van der Waals surface area contributed by atoms with Gasteiger partial charge in [0, 0.05) is 18.7 Å². The van der Waals surface area contributed by atoms with Crippen LogP contribution >= 0.6 is 15.9 Å². The normalized spacial score (nSPS) is 19.6. The SMILES string of the molecule is O=C(NCC1CCCCO1)c1ccc(F)c(Br)c1. The van der Waals surface area contributed by atoms with Crippen LogP contribution in [0.1, 0.15) is 29.6 Å². The lowest BCUT2D eigenvalue weighted by Crippen LogP contribution is -2.35. The molecule has 1 aliphatic heterocycles. The van der Waals surface area contributed by atoms with Crippen LogP contribution in [0.5, 0.6) is 0 Å². The van der Waals surface area contributed by atoms with Crippen LogP contribution in [-0.4, -0.2) is 25.2 Å². The van der Waals surface area contributed by atoms with Crippen LogP contribution < -0.4 is 5.32 Å². The van der Waals surface area contributed by atoms with Crippen LogP contribution in [0.15, 0.2) is 22.7 Å². The van der Waals surface area contributed by atoms with Gasteiger partial charge in [0.15, 0.2) is 0 Å². The Kier molecular flexibility index (Phi) is 4.72. The third-order valence-corrected chi connectivity index (χ3v) is 3.55. The van der Waals surface area contributed by atoms with Gasteiger partial charge in [-0.2, -0.15) is 0 Å². The molecule has 0 aromatic heterocycles. The second-order valence-electron chi connectivity index (χ2n) is 4.33. The molecule has 0 spiro atoms. The van der Waals surface area contributed by atoms with Gasteiger partial charge < -0.3 is 10.1 Å². The number of ether oxygens (including phenoxy) is 1. The predicted octanol–water partition coefficient (Wildman–Crippen LogP) is 2.89. The minimum Gasteiger partial charge on any atom is -0.376 e. The van der Waals surface area contributed by atoms with Crippen molar-refractivity contribution in [3.8, 4) is 0 Å². The van der Waals surface area contributed by atoms with E-state index in [1.165, 1.54) is 18.2 Å². The molecule has 1 aliphatic rings. The summed E-state index contributed by atoms with van der Waals surface area (Å²) >= 11 is 3.06. The van der Waals surface area contributed by atoms with Crippen molar-refractivity contribution in [2.75, 3.05) is 13.2 Å². The molecule has 0 bridgehead atoms. The standard InChI is InChI=1S/C13H15BrFNO2/c14-11-7-9(4-5-12(11)15)13(17)16-8-10-3-1-2-6-18-10/h4-5,7,10H,1-3,6,8H2,(H,16,17). The first-order chi connectivity index (χ1) is 8.66. The Hall–Kier alpha value is -0.940. The Balaban J connectivity index is 1.88. The van der Waals surface area contributed by atoms with Gasteiger partial charge in [-0.3, -0.25) is 4.79 Å². The fraction of sp³-hybridized carbons (Fsp3) is 0.462. The van der Waals surface area contributed by atoms with Gasteiger partial charge in [0.25, 0.3) is 5.91 Å². The molecule has 5 heteroatoms. The second kappa shape index (κ2) is 6.29. The fourth-order valence-corrected chi connectivity index (χ4v) is 2.29. The summed E-state index contributed by atoms with van der Waals surface area (Å²) in [5.41, 5.74) is 0.444. The molecule has 1 N–H and O–H groups in total. The largest absolute Gasteiger partial charge is 0.376 e. The third-order valence-electron chi connectivity index (χ3n) is 2.95. The summed E-state index contributed by atoms with van der Waals surface area (Å²) in [5, 5.41) is 2.81. The zero-order chi connectivity index (χ0) is 13.0. The number of carbonyl (C=O) groups is 1. The molecule has 0 aliphatic carbocycles. The van der Waals surface area contributed by atoms with E-state index in [2.05, 4.69) is 21.2 Å². The average molecular weight is 316 g/mol. The first kappa shape index (κ1) is 13.5. The van der Waals surface area contributed by atoms with Crippen molar-refractivity contribution in [3.63, 3.8) is 0 Å². The number of hydrogen-bond acceptors (Lipinski definition) is 2. The van der Waals surface area contributed by atoms with Crippen LogP contribution in [0.3, 0.4) is 0 Å². The van der Waals surface area contributed by atoms with Crippen molar-refractivity contribution < 1.29 is 13.9 Å². The summed E-state index contributed by atoms with van der Waals surface area (Å²) < 4.78 is 18.9. The van der Waals surface area contributed by atoms with Gasteiger partial charge in [-0.05, 0) is 53.4 Å². The van der Waals surface area contributed by atoms with E-state index in [4.69, 9.17) is 4.74 Å². The van der Waals surface area contributed by atoms with Crippen LogP contribution in [0.4, 0.5) is 4.39 Å². The zero-order valence-corrected chi connectivity index (χ0v) is 11.5. The van der Waals surface area contributed by atoms with E-state index in [0.717, 1.165) is 25.9 Å². The van der Waals surface area contributed by atoms with Crippen LogP contribution in [-0.2, 0) is 4.74 Å². The molecule has 1 atom stereocenters. The highest BCUT2D eigenvalue weighted by atomic mass is 79.9. The molecule has 18 heavy (non-hydrogen) atoms. The second-order valence-corrected chi connectivity index (χ2v) is 5.18. The van der Waals surface area contributed by atoms with Gasteiger partial charge in [0.1, 0.15) is 5.82 Å². The molecule has 2 rings (SSSR count). The Bertz CT molecular complexity index is 433. The lowest BCUT2D eigenvalue weighted by atomic mass is 10.1. The van der Waals surface area contributed by atoms with Gasteiger partial charge in [-0.15, -0.1) is 0 Å². The first-order valence-electron chi connectivity index (χ1n) is 6.01. The number of halogens is 2. The molecule has 0 saturated carbocycles. The quantitative estimate of drug-likeness (QED) is 0.931. The van der Waals surface area contributed by atoms with Crippen LogP contribution in [0.2, 0.25) is 0 Å². The van der Waals surface area contributed by atoms with E-state index in [1.54, 1.807) is 0 Å². The highest BCUT2D eigenvalue weighted by molar-refractivity contribution is 9.10. The van der Waals surface area contributed by atoms with Crippen LogP contribution in [0.25, 0.3) is 0 Å². The summed E-state index contributed by atoms with van der Waals surface area (Å²) in [6.45, 7) is 1.27. The molecule has 1 aromatic carbocycles. The Morgan fingerprint density at radius 1 is 1.50 bits per heavy atom. The number of benzene rings is 1. The fourth-order valence-electron chi connectivity index (χ4n) is 1.91. The summed E-state index contributed by atoms with van der Waals surface area (Å²) in [5.74, 6) is -0.577. The monoisotopic (exact) mass is 315 g/mol. The molecule has 1 unspecified atom stereocenters. The topological polar surface area (TPSA) is 38.3 Å².